The first-order chi connectivity index (χ1) is 20.4. The van der Waals surface area contributed by atoms with Crippen LogP contribution in [0.2, 0.25) is 0 Å². The average molecular weight is 524 g/mol. The van der Waals surface area contributed by atoms with Crippen LogP contribution in [0.15, 0.2) is 116 Å². The summed E-state index contributed by atoms with van der Waals surface area (Å²) in [5.74, 6) is 0. The first kappa shape index (κ1) is 21.3. The van der Waals surface area contributed by atoms with E-state index >= 15 is 0 Å². The molecule has 5 heterocycles. The highest BCUT2D eigenvalue weighted by atomic mass is 15.1. The zero-order valence-corrected chi connectivity index (χ0v) is 21.9. The Morgan fingerprint density at radius 1 is 0.561 bits per heavy atom. The Kier molecular flexibility index (Phi) is 3.92. The predicted molar refractivity (Wildman–Crippen MR) is 166 cm³/mol. The Balaban J connectivity index is 1.34. The lowest BCUT2D eigenvalue weighted by Gasteiger charge is -2.12. The lowest BCUT2D eigenvalue weighted by Crippen LogP contribution is -1.96. The molecule has 0 atom stereocenters. The molecule has 41 heavy (non-hydrogen) atoms. The molecular weight excluding hydrogens is 502 g/mol. The maximum absolute atomic E-state index is 5.16. The van der Waals surface area contributed by atoms with Crippen LogP contribution in [0.4, 0.5) is 0 Å². The van der Waals surface area contributed by atoms with Crippen molar-refractivity contribution in [1.82, 2.24) is 23.9 Å². The third-order valence-electron chi connectivity index (χ3n) is 8.89. The number of hydrogen-bond acceptors (Lipinski definition) is 3. The van der Waals surface area contributed by atoms with Crippen LogP contribution < -0.4 is 0 Å². The van der Waals surface area contributed by atoms with Crippen molar-refractivity contribution >= 4 is 60.3 Å². The fraction of sp³-hybridized carbons (Fsp3) is 0.0278. The lowest BCUT2D eigenvalue weighted by molar-refractivity contribution is 1.18. The van der Waals surface area contributed by atoms with Gasteiger partial charge in [0.05, 0.1) is 22.7 Å². The van der Waals surface area contributed by atoms with Gasteiger partial charge >= 0.3 is 0 Å². The van der Waals surface area contributed by atoms with Gasteiger partial charge in [0.25, 0.3) is 0 Å². The fourth-order valence-corrected chi connectivity index (χ4v) is 7.26. The van der Waals surface area contributed by atoms with Gasteiger partial charge in [-0.25, -0.2) is 9.97 Å². The van der Waals surface area contributed by atoms with Gasteiger partial charge in [0.1, 0.15) is 11.2 Å². The topological polar surface area (TPSA) is 48.0 Å². The van der Waals surface area contributed by atoms with Crippen molar-refractivity contribution < 1.29 is 0 Å². The van der Waals surface area contributed by atoms with Crippen LogP contribution in [0.5, 0.6) is 0 Å². The lowest BCUT2D eigenvalue weighted by atomic mass is 9.98. The number of nitrogens with zero attached hydrogens (tertiary/aromatic N) is 5. The second-order valence-corrected chi connectivity index (χ2v) is 10.9. The highest BCUT2D eigenvalue weighted by molar-refractivity contribution is 6.19. The molecule has 5 aromatic heterocycles. The van der Waals surface area contributed by atoms with E-state index in [-0.39, 0.29) is 0 Å². The molecule has 1 aliphatic carbocycles. The maximum Gasteiger partial charge on any atom is 0.165 e. The van der Waals surface area contributed by atoms with Crippen LogP contribution in [0.1, 0.15) is 11.1 Å². The molecule has 0 unspecified atom stereocenters. The summed E-state index contributed by atoms with van der Waals surface area (Å²) in [7, 11) is 0. The molecule has 0 bridgehead atoms. The van der Waals surface area contributed by atoms with E-state index in [0.29, 0.717) is 0 Å². The Bertz CT molecular complexity index is 2550. The van der Waals surface area contributed by atoms with Gasteiger partial charge in [-0.3, -0.25) is 9.38 Å². The van der Waals surface area contributed by atoms with E-state index in [1.807, 2.05) is 30.7 Å². The second kappa shape index (κ2) is 7.55. The van der Waals surface area contributed by atoms with E-state index < -0.39 is 0 Å². The molecule has 1 aliphatic rings. The van der Waals surface area contributed by atoms with Crippen LogP contribution in [-0.4, -0.2) is 23.9 Å². The van der Waals surface area contributed by atoms with Crippen LogP contribution in [-0.2, 0) is 6.42 Å². The molecule has 0 N–H and O–H groups in total. The van der Waals surface area contributed by atoms with Crippen LogP contribution >= 0.6 is 0 Å². The van der Waals surface area contributed by atoms with E-state index in [1.54, 1.807) is 0 Å². The largest absolute Gasteiger partial charge is 0.309 e. The molecule has 0 radical (unpaired) electrons. The minimum absolute atomic E-state index is 0.852. The first-order valence-corrected chi connectivity index (χ1v) is 13.9. The van der Waals surface area contributed by atoms with Crippen molar-refractivity contribution in [3.05, 3.63) is 127 Å². The predicted octanol–water partition coefficient (Wildman–Crippen LogP) is 8.25. The zero-order valence-electron chi connectivity index (χ0n) is 21.9. The molecule has 0 fully saturated rings. The molecule has 190 valence electrons. The zero-order chi connectivity index (χ0) is 26.7. The summed E-state index contributed by atoms with van der Waals surface area (Å²) >= 11 is 0. The van der Waals surface area contributed by atoms with Gasteiger partial charge in [0.2, 0.25) is 0 Å². The van der Waals surface area contributed by atoms with Gasteiger partial charge in [-0.05, 0) is 70.1 Å². The van der Waals surface area contributed by atoms with Gasteiger partial charge in [-0.15, -0.1) is 0 Å². The summed E-state index contributed by atoms with van der Waals surface area (Å²) in [6.45, 7) is 0. The maximum atomic E-state index is 5.16. The van der Waals surface area contributed by atoms with Gasteiger partial charge in [-0.2, -0.15) is 0 Å². The Morgan fingerprint density at radius 3 is 2.32 bits per heavy atom. The van der Waals surface area contributed by atoms with Gasteiger partial charge in [0, 0.05) is 46.0 Å². The number of pyridine rings is 3. The molecule has 10 rings (SSSR count). The van der Waals surface area contributed by atoms with Crippen LogP contribution in [0.3, 0.4) is 0 Å². The van der Waals surface area contributed by atoms with E-state index in [1.165, 1.54) is 60.5 Å². The molecule has 0 aliphatic heterocycles. The summed E-state index contributed by atoms with van der Waals surface area (Å²) in [5, 5.41) is 6.20. The van der Waals surface area contributed by atoms with Gasteiger partial charge in [0.15, 0.2) is 5.65 Å². The fourth-order valence-electron chi connectivity index (χ4n) is 7.26. The summed E-state index contributed by atoms with van der Waals surface area (Å²) in [5.41, 5.74) is 12.7. The highest BCUT2D eigenvalue weighted by Gasteiger charge is 2.28. The molecule has 5 heteroatoms. The van der Waals surface area contributed by atoms with E-state index in [4.69, 9.17) is 9.97 Å². The Hall–Kier alpha value is -5.55. The van der Waals surface area contributed by atoms with Crippen molar-refractivity contribution in [3.8, 4) is 16.8 Å². The standard InChI is InChI=1S/C36H21N5/c1-2-7-21(8-3-1)40-30-11-5-4-9-26(30)33-27-19-28-22(23(27)14-15-31(33)40)12-13-25-24-16-18-37-20-32(24)41-35-29(10-6-17-38-35)39-36(41)34(25)28/h1-18,20H,19H2. The molecule has 4 aromatic carbocycles. The van der Waals surface area contributed by atoms with Crippen molar-refractivity contribution in [2.24, 2.45) is 0 Å². The molecule has 0 saturated heterocycles. The second-order valence-electron chi connectivity index (χ2n) is 10.9. The third kappa shape index (κ3) is 2.63. The number of hydrogen-bond donors (Lipinski definition) is 0. The number of benzene rings is 4. The smallest absolute Gasteiger partial charge is 0.165 e. The van der Waals surface area contributed by atoms with E-state index in [0.717, 1.165) is 34.1 Å². The highest BCUT2D eigenvalue weighted by Crippen LogP contribution is 2.48. The average Bonchev–Trinajstić information content (AvgIpc) is 3.71. The summed E-state index contributed by atoms with van der Waals surface area (Å²) in [6.07, 6.45) is 6.50. The number of imidazole rings is 1. The van der Waals surface area contributed by atoms with E-state index in [2.05, 4.69) is 98.9 Å². The van der Waals surface area contributed by atoms with E-state index in [9.17, 15) is 0 Å². The SMILES string of the molecule is c1ccc(-n2c3ccccc3c3c4c(ccc32)-c2ccc3c5ccncc5n5c6ncccc6nc5c3c2C4)cc1. The monoisotopic (exact) mass is 523 g/mol. The minimum atomic E-state index is 0.852. The first-order valence-electron chi connectivity index (χ1n) is 13.9. The Morgan fingerprint density at radius 2 is 1.39 bits per heavy atom. The van der Waals surface area contributed by atoms with Crippen LogP contribution in [0, 0.1) is 0 Å². The van der Waals surface area contributed by atoms with Crippen molar-refractivity contribution in [2.75, 3.05) is 0 Å². The van der Waals surface area contributed by atoms with Crippen molar-refractivity contribution in [2.45, 2.75) is 6.42 Å². The normalized spacial score (nSPS) is 12.8. The summed E-state index contributed by atoms with van der Waals surface area (Å²) in [4.78, 5) is 14.4. The molecule has 9 aromatic rings. The quantitative estimate of drug-likeness (QED) is 0.204. The number of aromatic nitrogens is 5. The summed E-state index contributed by atoms with van der Waals surface area (Å²) < 4.78 is 4.60. The number of fused-ring (bicyclic) bond motifs is 16. The van der Waals surface area contributed by atoms with Gasteiger partial charge in [-0.1, -0.05) is 54.6 Å². The van der Waals surface area contributed by atoms with Gasteiger partial charge < -0.3 is 4.57 Å². The molecular formula is C36H21N5. The minimum Gasteiger partial charge on any atom is -0.309 e. The molecule has 5 nitrogen and oxygen atoms in total. The molecule has 0 spiro atoms. The molecule has 0 saturated carbocycles. The number of rotatable bonds is 1. The summed E-state index contributed by atoms with van der Waals surface area (Å²) in [6, 6.07) is 34.8. The van der Waals surface area contributed by atoms with Crippen LogP contribution in [0.25, 0.3) is 77.1 Å². The van der Waals surface area contributed by atoms with Crippen molar-refractivity contribution in [3.63, 3.8) is 0 Å². The molecule has 0 amide bonds. The Labute approximate surface area is 234 Å². The third-order valence-corrected chi connectivity index (χ3v) is 8.89. The van der Waals surface area contributed by atoms with Crippen molar-refractivity contribution in [1.29, 1.82) is 0 Å². The number of para-hydroxylation sites is 2.